The largest absolute Gasteiger partial charge is 0.418 e. The maximum Gasteiger partial charge on any atom is 0.418 e. The van der Waals surface area contributed by atoms with E-state index in [2.05, 4.69) is 0 Å². The van der Waals surface area contributed by atoms with Crippen LogP contribution in [0.2, 0.25) is 0 Å². The summed E-state index contributed by atoms with van der Waals surface area (Å²) in [5, 5.41) is 21.3. The minimum atomic E-state index is -5.67. The lowest BCUT2D eigenvalue weighted by Crippen LogP contribution is -2.21. The molecule has 0 atom stereocenters. The van der Waals surface area contributed by atoms with E-state index in [0.29, 0.717) is 20.9 Å². The topological polar surface area (TPSA) is 57.4 Å². The molecule has 0 N–H and O–H groups in total. The van der Waals surface area contributed by atoms with Gasteiger partial charge in [-0.3, -0.25) is 0 Å². The predicted molar refractivity (Wildman–Crippen MR) is 160 cm³/mol. The van der Waals surface area contributed by atoms with Gasteiger partial charge in [0.25, 0.3) is 0 Å². The van der Waals surface area contributed by atoms with Crippen LogP contribution in [0.5, 0.6) is 0 Å². The number of hydrogen-bond acceptors (Lipinski definition) is 2. The minimum absolute atomic E-state index is 0.0159. The SMILES string of the molecule is N#Cc1cccc(C#N)c1-n1c2ccccc2c2ccc3c4ccccc4n(-c4c(C(F)(F)F)cc(C(F)(F)F)cc4C(F)(F)F)c3c21. The third-order valence-electron chi connectivity index (χ3n) is 8.24. The molecule has 7 aromatic rings. The number of nitrogens with zero attached hydrogens (tertiary/aromatic N) is 4. The molecule has 5 aromatic carbocycles. The van der Waals surface area contributed by atoms with Crippen molar-refractivity contribution in [3.63, 3.8) is 0 Å². The van der Waals surface area contributed by atoms with Gasteiger partial charge in [0, 0.05) is 21.5 Å². The third kappa shape index (κ3) is 4.46. The Morgan fingerprint density at radius 1 is 0.458 bits per heavy atom. The maximum atomic E-state index is 14.8. The first kappa shape index (κ1) is 30.7. The second kappa shape index (κ2) is 10.3. The van der Waals surface area contributed by atoms with Gasteiger partial charge in [0.2, 0.25) is 0 Å². The number of aromatic nitrogens is 2. The summed E-state index contributed by atoms with van der Waals surface area (Å²) in [5.41, 5.74) is -7.93. The lowest BCUT2D eigenvalue weighted by atomic mass is 10.00. The van der Waals surface area contributed by atoms with Crippen molar-refractivity contribution in [3.8, 4) is 23.5 Å². The molecule has 0 bridgehead atoms. The molecule has 238 valence electrons. The molecule has 48 heavy (non-hydrogen) atoms. The van der Waals surface area contributed by atoms with Crippen LogP contribution in [0.1, 0.15) is 27.8 Å². The lowest BCUT2D eigenvalue weighted by Gasteiger charge is -2.23. The fourth-order valence-electron chi connectivity index (χ4n) is 6.40. The van der Waals surface area contributed by atoms with Crippen molar-refractivity contribution in [2.45, 2.75) is 18.5 Å². The minimum Gasteiger partial charge on any atom is -0.306 e. The molecule has 13 heteroatoms. The van der Waals surface area contributed by atoms with E-state index in [0.717, 1.165) is 0 Å². The Morgan fingerprint density at radius 2 is 0.875 bits per heavy atom. The summed E-state index contributed by atoms with van der Waals surface area (Å²) in [7, 11) is 0. The van der Waals surface area contributed by atoms with Crippen LogP contribution in [-0.2, 0) is 18.5 Å². The Bertz CT molecular complexity index is 2480. The van der Waals surface area contributed by atoms with Crippen LogP contribution in [0.15, 0.2) is 91.0 Å². The normalized spacial score (nSPS) is 12.6. The maximum absolute atomic E-state index is 14.8. The highest BCUT2D eigenvalue weighted by Gasteiger charge is 2.46. The van der Waals surface area contributed by atoms with Crippen LogP contribution in [-0.4, -0.2) is 9.13 Å². The van der Waals surface area contributed by atoms with Gasteiger partial charge in [-0.15, -0.1) is 0 Å². The average molecular weight is 663 g/mol. The standard InChI is InChI=1S/C35H15F9N4/c36-33(37,38)20-14-25(34(39,40)41)32(26(15-20)35(42,43)44)48-28-11-4-2-9-22(28)24-13-12-23-21-8-1-3-10-27(21)47(30(23)31(24)48)29-18(16-45)6-5-7-19(29)17-46/h1-15H. The highest BCUT2D eigenvalue weighted by Crippen LogP contribution is 2.49. The highest BCUT2D eigenvalue weighted by atomic mass is 19.4. The first-order chi connectivity index (χ1) is 22.7. The van der Waals surface area contributed by atoms with E-state index in [1.54, 1.807) is 30.3 Å². The monoisotopic (exact) mass is 662 g/mol. The van der Waals surface area contributed by atoms with Gasteiger partial charge in [0.15, 0.2) is 0 Å². The smallest absolute Gasteiger partial charge is 0.306 e. The van der Waals surface area contributed by atoms with Crippen molar-refractivity contribution < 1.29 is 39.5 Å². The van der Waals surface area contributed by atoms with E-state index in [1.807, 2.05) is 12.1 Å². The number of rotatable bonds is 2. The van der Waals surface area contributed by atoms with Crippen LogP contribution in [0.4, 0.5) is 39.5 Å². The number of alkyl halides is 9. The summed E-state index contributed by atoms with van der Waals surface area (Å²) in [6.45, 7) is 0. The number of hydrogen-bond donors (Lipinski definition) is 0. The molecule has 7 rings (SSSR count). The Morgan fingerprint density at radius 3 is 1.27 bits per heavy atom. The summed E-state index contributed by atoms with van der Waals surface area (Å²) in [5.74, 6) is 0. The van der Waals surface area contributed by atoms with Crippen molar-refractivity contribution in [3.05, 3.63) is 119 Å². The lowest BCUT2D eigenvalue weighted by molar-refractivity contribution is -0.148. The number of nitriles is 2. The van der Waals surface area contributed by atoms with Crippen LogP contribution in [0.3, 0.4) is 0 Å². The van der Waals surface area contributed by atoms with Crippen molar-refractivity contribution in [1.82, 2.24) is 9.13 Å². The zero-order valence-corrected chi connectivity index (χ0v) is 23.9. The Kier molecular flexibility index (Phi) is 6.57. The Hall–Kier alpha value is -5.95. The van der Waals surface area contributed by atoms with Crippen molar-refractivity contribution in [2.75, 3.05) is 0 Å². The summed E-state index contributed by atoms with van der Waals surface area (Å²) in [6.07, 6.45) is -16.9. The molecular weight excluding hydrogens is 647 g/mol. The number of halogens is 9. The van der Waals surface area contributed by atoms with Gasteiger partial charge in [-0.25, -0.2) is 0 Å². The van der Waals surface area contributed by atoms with E-state index in [1.165, 1.54) is 53.1 Å². The quantitative estimate of drug-likeness (QED) is 0.173. The van der Waals surface area contributed by atoms with Crippen LogP contribution in [0.25, 0.3) is 55.0 Å². The van der Waals surface area contributed by atoms with Gasteiger partial charge in [-0.05, 0) is 36.4 Å². The molecule has 0 aliphatic rings. The molecule has 0 aliphatic carbocycles. The number of para-hydroxylation sites is 3. The Labute approximate surface area is 263 Å². The predicted octanol–water partition coefficient (Wildman–Crippen LogP) is 10.7. The van der Waals surface area contributed by atoms with E-state index in [4.69, 9.17) is 0 Å². The second-order valence-electron chi connectivity index (χ2n) is 10.9. The summed E-state index contributed by atoms with van der Waals surface area (Å²) < 4.78 is 132. The molecule has 4 nitrogen and oxygen atoms in total. The molecule has 0 amide bonds. The van der Waals surface area contributed by atoms with E-state index in [9.17, 15) is 50.0 Å². The van der Waals surface area contributed by atoms with Gasteiger partial charge in [-0.2, -0.15) is 50.0 Å². The van der Waals surface area contributed by atoms with E-state index < -0.39 is 40.9 Å². The van der Waals surface area contributed by atoms with E-state index >= 15 is 0 Å². The fraction of sp³-hybridized carbons (Fsp3) is 0.0857. The summed E-state index contributed by atoms with van der Waals surface area (Å²) >= 11 is 0. The van der Waals surface area contributed by atoms with Gasteiger partial charge < -0.3 is 9.13 Å². The first-order valence-corrected chi connectivity index (χ1v) is 14.0. The Balaban J connectivity index is 1.84. The zero-order valence-electron chi connectivity index (χ0n) is 23.9. The molecule has 2 heterocycles. The molecule has 0 fully saturated rings. The third-order valence-corrected chi connectivity index (χ3v) is 8.24. The molecular formula is C35H15F9N4. The highest BCUT2D eigenvalue weighted by molar-refractivity contribution is 6.24. The first-order valence-electron chi connectivity index (χ1n) is 14.0. The van der Waals surface area contributed by atoms with Crippen LogP contribution >= 0.6 is 0 Å². The summed E-state index contributed by atoms with van der Waals surface area (Å²) in [6, 6.07) is 23.0. The van der Waals surface area contributed by atoms with Gasteiger partial charge in [-0.1, -0.05) is 54.6 Å². The zero-order chi connectivity index (χ0) is 34.3. The molecule has 0 aliphatic heterocycles. The molecule has 0 saturated heterocycles. The fourth-order valence-corrected chi connectivity index (χ4v) is 6.40. The molecule has 0 saturated carbocycles. The molecule has 0 spiro atoms. The summed E-state index contributed by atoms with van der Waals surface area (Å²) in [4.78, 5) is 0. The molecule has 0 unspecified atom stereocenters. The van der Waals surface area contributed by atoms with Gasteiger partial charge in [0.05, 0.1) is 61.3 Å². The van der Waals surface area contributed by atoms with Crippen LogP contribution in [0, 0.1) is 22.7 Å². The van der Waals surface area contributed by atoms with Crippen molar-refractivity contribution in [1.29, 1.82) is 10.5 Å². The van der Waals surface area contributed by atoms with Gasteiger partial charge >= 0.3 is 18.5 Å². The molecule has 2 aromatic heterocycles. The average Bonchev–Trinajstić information content (AvgIpc) is 3.55. The molecule has 0 radical (unpaired) electrons. The van der Waals surface area contributed by atoms with Crippen LogP contribution < -0.4 is 0 Å². The van der Waals surface area contributed by atoms with E-state index in [-0.39, 0.29) is 56.3 Å². The van der Waals surface area contributed by atoms with Crippen molar-refractivity contribution in [2.24, 2.45) is 0 Å². The van der Waals surface area contributed by atoms with Crippen molar-refractivity contribution >= 4 is 43.6 Å². The number of benzene rings is 5. The second-order valence-corrected chi connectivity index (χ2v) is 10.9. The van der Waals surface area contributed by atoms with Gasteiger partial charge in [0.1, 0.15) is 12.1 Å². The number of fused-ring (bicyclic) bond motifs is 7.